The summed E-state index contributed by atoms with van der Waals surface area (Å²) < 4.78 is 25.1. The molecule has 0 saturated heterocycles. The van der Waals surface area contributed by atoms with Gasteiger partial charge in [0.05, 0.1) is 13.2 Å². The Kier molecular flexibility index (Phi) is 5.58. The van der Waals surface area contributed by atoms with Gasteiger partial charge in [-0.2, -0.15) is 0 Å². The number of hydrogen-bond acceptors (Lipinski definition) is 3. The number of benzene rings is 2. The molecule has 0 spiro atoms. The molecule has 0 aliphatic heterocycles. The highest BCUT2D eigenvalue weighted by Gasteiger charge is 2.18. The van der Waals surface area contributed by atoms with Crippen LogP contribution in [0.15, 0.2) is 48.5 Å². The molecular weight excluding hydrogens is 269 g/mol. The van der Waals surface area contributed by atoms with Crippen LogP contribution in [0.2, 0.25) is 0 Å². The summed E-state index contributed by atoms with van der Waals surface area (Å²) in [5.74, 6) is 0.668. The number of hydrogen-bond donors (Lipinski definition) is 1. The Balaban J connectivity index is 2.15. The maximum absolute atomic E-state index is 14.4. The highest BCUT2D eigenvalue weighted by Crippen LogP contribution is 2.25. The van der Waals surface area contributed by atoms with Crippen molar-refractivity contribution in [2.45, 2.75) is 13.0 Å². The first-order chi connectivity index (χ1) is 10.3. The summed E-state index contributed by atoms with van der Waals surface area (Å²) in [7, 11) is 1.46. The van der Waals surface area contributed by atoms with E-state index in [2.05, 4.69) is 5.32 Å². The van der Waals surface area contributed by atoms with Crippen molar-refractivity contribution in [1.29, 1.82) is 0 Å². The van der Waals surface area contributed by atoms with Crippen molar-refractivity contribution in [3.05, 3.63) is 59.9 Å². The molecular formula is C17H20FNO2. The van der Waals surface area contributed by atoms with Gasteiger partial charge in [-0.05, 0) is 24.7 Å². The summed E-state index contributed by atoms with van der Waals surface area (Å²) in [6.07, 6.45) is 0. The van der Waals surface area contributed by atoms with Gasteiger partial charge in [-0.1, -0.05) is 37.3 Å². The second kappa shape index (κ2) is 7.64. The second-order valence-corrected chi connectivity index (χ2v) is 4.60. The van der Waals surface area contributed by atoms with Crippen LogP contribution in [-0.4, -0.2) is 20.3 Å². The van der Waals surface area contributed by atoms with E-state index in [0.717, 1.165) is 12.3 Å². The average molecular weight is 289 g/mol. The number of methoxy groups -OCH3 is 1. The molecule has 0 aliphatic rings. The van der Waals surface area contributed by atoms with Gasteiger partial charge in [0.15, 0.2) is 11.6 Å². The smallest absolute Gasteiger partial charge is 0.169 e. The molecule has 0 aromatic heterocycles. The fourth-order valence-corrected chi connectivity index (χ4v) is 2.16. The molecule has 1 atom stereocenters. The zero-order valence-electron chi connectivity index (χ0n) is 12.3. The Labute approximate surface area is 124 Å². The normalized spacial score (nSPS) is 12.0. The Morgan fingerprint density at radius 2 is 1.86 bits per heavy atom. The van der Waals surface area contributed by atoms with E-state index < -0.39 is 0 Å². The summed E-state index contributed by atoms with van der Waals surface area (Å²) >= 11 is 0. The monoisotopic (exact) mass is 289 g/mol. The van der Waals surface area contributed by atoms with Gasteiger partial charge < -0.3 is 14.8 Å². The molecule has 21 heavy (non-hydrogen) atoms. The molecule has 0 saturated carbocycles. The van der Waals surface area contributed by atoms with Gasteiger partial charge in [0, 0.05) is 5.56 Å². The molecule has 3 nitrogen and oxygen atoms in total. The third kappa shape index (κ3) is 3.95. The summed E-state index contributed by atoms with van der Waals surface area (Å²) in [5, 5.41) is 3.24. The number of nitrogens with one attached hydrogen (secondary N) is 1. The van der Waals surface area contributed by atoms with E-state index in [1.165, 1.54) is 7.11 Å². The third-order valence-corrected chi connectivity index (χ3v) is 3.20. The second-order valence-electron chi connectivity index (χ2n) is 4.60. The van der Waals surface area contributed by atoms with Crippen LogP contribution in [0.3, 0.4) is 0 Å². The molecule has 0 heterocycles. The Hall–Kier alpha value is -2.07. The van der Waals surface area contributed by atoms with Gasteiger partial charge in [0.2, 0.25) is 0 Å². The van der Waals surface area contributed by atoms with Crippen LogP contribution < -0.4 is 14.8 Å². The van der Waals surface area contributed by atoms with Crippen LogP contribution in [0.4, 0.5) is 4.39 Å². The average Bonchev–Trinajstić information content (AvgIpc) is 2.53. The minimum Gasteiger partial charge on any atom is -0.494 e. The van der Waals surface area contributed by atoms with E-state index in [0.29, 0.717) is 12.2 Å². The standard InChI is InChI=1S/C17H20FNO2/c1-3-19-15(12-21-13-8-5-4-6-9-13)14-10-7-11-16(20-2)17(14)18/h4-11,15,19H,3,12H2,1-2H3. The SMILES string of the molecule is CCNC(COc1ccccc1)c1cccc(OC)c1F. The van der Waals surface area contributed by atoms with E-state index in [-0.39, 0.29) is 17.6 Å². The fraction of sp³-hybridized carbons (Fsp3) is 0.294. The predicted octanol–water partition coefficient (Wildman–Crippen LogP) is 3.56. The van der Waals surface area contributed by atoms with Crippen LogP contribution >= 0.6 is 0 Å². The van der Waals surface area contributed by atoms with E-state index in [9.17, 15) is 4.39 Å². The van der Waals surface area contributed by atoms with E-state index in [4.69, 9.17) is 9.47 Å². The molecule has 2 aromatic carbocycles. The molecule has 0 radical (unpaired) electrons. The van der Waals surface area contributed by atoms with Gasteiger partial charge >= 0.3 is 0 Å². The fourth-order valence-electron chi connectivity index (χ4n) is 2.16. The zero-order chi connectivity index (χ0) is 15.1. The first kappa shape index (κ1) is 15.3. The lowest BCUT2D eigenvalue weighted by Crippen LogP contribution is -2.27. The first-order valence-electron chi connectivity index (χ1n) is 7.00. The topological polar surface area (TPSA) is 30.5 Å². The molecule has 0 aliphatic carbocycles. The van der Waals surface area contributed by atoms with Gasteiger partial charge in [0.1, 0.15) is 12.4 Å². The highest BCUT2D eigenvalue weighted by molar-refractivity contribution is 5.33. The van der Waals surface area contributed by atoms with E-state index >= 15 is 0 Å². The predicted molar refractivity (Wildman–Crippen MR) is 81.3 cm³/mol. The zero-order valence-corrected chi connectivity index (χ0v) is 12.3. The van der Waals surface area contributed by atoms with Crippen molar-refractivity contribution in [1.82, 2.24) is 5.32 Å². The largest absolute Gasteiger partial charge is 0.494 e. The molecule has 0 bridgehead atoms. The quantitative estimate of drug-likeness (QED) is 0.845. The summed E-state index contributed by atoms with van der Waals surface area (Å²) in [4.78, 5) is 0. The van der Waals surface area contributed by atoms with Gasteiger partial charge in [-0.15, -0.1) is 0 Å². The van der Waals surface area contributed by atoms with Crippen molar-refractivity contribution in [2.75, 3.05) is 20.3 Å². The van der Waals surface area contributed by atoms with Crippen molar-refractivity contribution in [2.24, 2.45) is 0 Å². The number of halogens is 1. The summed E-state index contributed by atoms with van der Waals surface area (Å²) in [5.41, 5.74) is 0.548. The lowest BCUT2D eigenvalue weighted by atomic mass is 10.1. The van der Waals surface area contributed by atoms with Crippen molar-refractivity contribution >= 4 is 0 Å². The lowest BCUT2D eigenvalue weighted by molar-refractivity contribution is 0.263. The first-order valence-corrected chi connectivity index (χ1v) is 7.00. The number of likely N-dealkylation sites (N-methyl/N-ethyl adjacent to an activating group) is 1. The molecule has 1 N–H and O–H groups in total. The molecule has 2 rings (SSSR count). The van der Waals surface area contributed by atoms with Gasteiger partial charge in [-0.3, -0.25) is 0 Å². The summed E-state index contributed by atoms with van der Waals surface area (Å²) in [6.45, 7) is 3.05. The Bertz CT molecular complexity index is 560. The molecule has 1 unspecified atom stereocenters. The minimum atomic E-state index is -0.345. The third-order valence-electron chi connectivity index (χ3n) is 3.20. The van der Waals surface area contributed by atoms with Gasteiger partial charge in [-0.25, -0.2) is 4.39 Å². The Morgan fingerprint density at radius 1 is 1.10 bits per heavy atom. The van der Waals surface area contributed by atoms with Gasteiger partial charge in [0.25, 0.3) is 0 Å². The van der Waals surface area contributed by atoms with E-state index in [1.54, 1.807) is 18.2 Å². The van der Waals surface area contributed by atoms with Crippen molar-refractivity contribution < 1.29 is 13.9 Å². The Morgan fingerprint density at radius 3 is 2.52 bits per heavy atom. The highest BCUT2D eigenvalue weighted by atomic mass is 19.1. The van der Waals surface area contributed by atoms with Crippen molar-refractivity contribution in [3.8, 4) is 11.5 Å². The van der Waals surface area contributed by atoms with Crippen LogP contribution in [0.25, 0.3) is 0 Å². The number of rotatable bonds is 7. The molecule has 4 heteroatoms. The maximum Gasteiger partial charge on any atom is 0.169 e. The number of ether oxygens (including phenoxy) is 2. The molecule has 0 fully saturated rings. The van der Waals surface area contributed by atoms with Crippen LogP contribution in [0.5, 0.6) is 11.5 Å². The van der Waals surface area contributed by atoms with Crippen LogP contribution in [-0.2, 0) is 0 Å². The van der Waals surface area contributed by atoms with E-state index in [1.807, 2.05) is 37.3 Å². The maximum atomic E-state index is 14.4. The molecule has 112 valence electrons. The van der Waals surface area contributed by atoms with Crippen molar-refractivity contribution in [3.63, 3.8) is 0 Å². The minimum absolute atomic E-state index is 0.231. The summed E-state index contributed by atoms with van der Waals surface area (Å²) in [6, 6.07) is 14.4. The number of para-hydroxylation sites is 1. The van der Waals surface area contributed by atoms with Crippen LogP contribution in [0.1, 0.15) is 18.5 Å². The van der Waals surface area contributed by atoms with Crippen LogP contribution in [0, 0.1) is 5.82 Å². The molecule has 0 amide bonds. The molecule has 2 aromatic rings. The lowest BCUT2D eigenvalue weighted by Gasteiger charge is -2.20.